The summed E-state index contributed by atoms with van der Waals surface area (Å²) in [6, 6.07) is 5.14. The maximum atomic E-state index is 5.92. The molecule has 0 radical (unpaired) electrons. The largest absolute Gasteiger partial charge is 0.377 e. The lowest BCUT2D eigenvalue weighted by atomic mass is 10.2. The number of amidine groups is 1. The second-order valence-electron chi connectivity index (χ2n) is 2.55. The lowest BCUT2D eigenvalue weighted by Gasteiger charge is -1.96. The minimum atomic E-state index is 0. The Morgan fingerprint density at radius 1 is 1.44 bits per heavy atom. The van der Waals surface area contributed by atoms with Crippen molar-refractivity contribution in [3.05, 3.63) is 33.8 Å². The van der Waals surface area contributed by atoms with E-state index >= 15 is 0 Å². The van der Waals surface area contributed by atoms with E-state index in [1.165, 1.54) is 18.0 Å². The smallest absolute Gasteiger partial charge is 0.180 e. The number of hydrogen-bond acceptors (Lipinski definition) is 3. The molecule has 1 rings (SSSR count). The molecule has 0 aliphatic rings. The highest BCUT2D eigenvalue weighted by Gasteiger charge is 1.97. The van der Waals surface area contributed by atoms with Crippen LogP contribution in [0.4, 0.5) is 0 Å². The Kier molecular flexibility index (Phi) is 8.17. The monoisotopic (exact) mass is 389 g/mol. The Morgan fingerprint density at radius 3 is 2.69 bits per heavy atom. The molecule has 0 heterocycles. The fourth-order valence-electron chi connectivity index (χ4n) is 0.795. The summed E-state index contributed by atoms with van der Waals surface area (Å²) in [5.41, 5.74) is 6.19. The lowest BCUT2D eigenvalue weighted by molar-refractivity contribution is 1.25. The number of halogens is 3. The van der Waals surface area contributed by atoms with Crippen molar-refractivity contribution >= 4 is 70.3 Å². The number of thioether (sulfide) groups is 1. The standard InChI is InChI=1S/C9H9Cl2N3S.HI/c1-15-9(12)14-13-5-6-2-3-7(10)4-8(6)11;/h2-5H,1H3,(H2,12,14);1H. The minimum Gasteiger partial charge on any atom is -0.377 e. The highest BCUT2D eigenvalue weighted by atomic mass is 127. The average molecular weight is 390 g/mol. The van der Waals surface area contributed by atoms with Crippen molar-refractivity contribution in [1.29, 1.82) is 0 Å². The average Bonchev–Trinajstić information content (AvgIpc) is 2.21. The highest BCUT2D eigenvalue weighted by molar-refractivity contribution is 14.0. The summed E-state index contributed by atoms with van der Waals surface area (Å²) in [4.78, 5) is 0. The molecule has 0 aliphatic carbocycles. The first kappa shape index (κ1) is 16.0. The van der Waals surface area contributed by atoms with Crippen LogP contribution in [-0.4, -0.2) is 17.6 Å². The van der Waals surface area contributed by atoms with Gasteiger partial charge in [0, 0.05) is 10.6 Å². The Morgan fingerprint density at radius 2 is 2.12 bits per heavy atom. The van der Waals surface area contributed by atoms with Crippen LogP contribution in [0.25, 0.3) is 0 Å². The number of hydrogen-bond donors (Lipinski definition) is 1. The van der Waals surface area contributed by atoms with Crippen LogP contribution in [-0.2, 0) is 0 Å². The van der Waals surface area contributed by atoms with E-state index in [9.17, 15) is 0 Å². The Bertz CT molecular complexity index is 410. The summed E-state index contributed by atoms with van der Waals surface area (Å²) in [6.45, 7) is 0. The summed E-state index contributed by atoms with van der Waals surface area (Å²) in [7, 11) is 0. The topological polar surface area (TPSA) is 50.7 Å². The van der Waals surface area contributed by atoms with Crippen LogP contribution >= 0.6 is 58.9 Å². The van der Waals surface area contributed by atoms with Crippen molar-refractivity contribution in [3.8, 4) is 0 Å². The predicted octanol–water partition coefficient (Wildman–Crippen LogP) is 3.62. The van der Waals surface area contributed by atoms with E-state index in [0.717, 1.165) is 5.56 Å². The van der Waals surface area contributed by atoms with E-state index in [2.05, 4.69) is 10.2 Å². The zero-order chi connectivity index (χ0) is 11.3. The third-order valence-corrected chi connectivity index (χ3v) is 2.59. The van der Waals surface area contributed by atoms with Gasteiger partial charge in [-0.05, 0) is 18.4 Å². The molecule has 7 heteroatoms. The van der Waals surface area contributed by atoms with Crippen molar-refractivity contribution in [1.82, 2.24) is 0 Å². The molecule has 0 amide bonds. The molecule has 0 unspecified atom stereocenters. The third kappa shape index (κ3) is 5.38. The first-order chi connectivity index (χ1) is 7.13. The molecule has 2 N–H and O–H groups in total. The quantitative estimate of drug-likeness (QED) is 0.363. The van der Waals surface area contributed by atoms with Gasteiger partial charge in [-0.25, -0.2) is 0 Å². The Balaban J connectivity index is 0.00000225. The zero-order valence-corrected chi connectivity index (χ0v) is 13.0. The first-order valence-electron chi connectivity index (χ1n) is 3.99. The Hall–Kier alpha value is 0.0200. The SMILES string of the molecule is CSC(N)=NN=Cc1ccc(Cl)cc1Cl.I. The third-order valence-electron chi connectivity index (χ3n) is 1.52. The van der Waals surface area contributed by atoms with Crippen LogP contribution < -0.4 is 5.73 Å². The summed E-state index contributed by atoms with van der Waals surface area (Å²) in [5, 5.41) is 9.05. The molecule has 1 aromatic rings. The van der Waals surface area contributed by atoms with Crippen LogP contribution in [0.3, 0.4) is 0 Å². The summed E-state index contributed by atoms with van der Waals surface area (Å²) in [6.07, 6.45) is 3.35. The van der Waals surface area contributed by atoms with Crippen LogP contribution in [0.5, 0.6) is 0 Å². The van der Waals surface area contributed by atoms with Gasteiger partial charge >= 0.3 is 0 Å². The molecule has 16 heavy (non-hydrogen) atoms. The molecule has 0 saturated heterocycles. The zero-order valence-electron chi connectivity index (χ0n) is 8.35. The number of rotatable bonds is 2. The molecular weight excluding hydrogens is 380 g/mol. The van der Waals surface area contributed by atoms with Gasteiger partial charge in [0.2, 0.25) is 0 Å². The molecule has 3 nitrogen and oxygen atoms in total. The van der Waals surface area contributed by atoms with Crippen molar-refractivity contribution in [2.45, 2.75) is 0 Å². The highest BCUT2D eigenvalue weighted by Crippen LogP contribution is 2.19. The second kappa shape index (κ2) is 8.16. The molecule has 0 aliphatic heterocycles. The van der Waals surface area contributed by atoms with E-state index in [0.29, 0.717) is 15.2 Å². The van der Waals surface area contributed by atoms with Gasteiger partial charge in [-0.15, -0.1) is 29.1 Å². The van der Waals surface area contributed by atoms with Gasteiger partial charge in [0.05, 0.1) is 11.2 Å². The van der Waals surface area contributed by atoms with Crippen LogP contribution in [0.2, 0.25) is 10.0 Å². The fourth-order valence-corrected chi connectivity index (χ4v) is 1.38. The van der Waals surface area contributed by atoms with Crippen molar-refractivity contribution < 1.29 is 0 Å². The van der Waals surface area contributed by atoms with Crippen molar-refractivity contribution in [2.24, 2.45) is 15.9 Å². The van der Waals surface area contributed by atoms with Gasteiger partial charge in [0.1, 0.15) is 0 Å². The molecule has 0 spiro atoms. The predicted molar refractivity (Wildman–Crippen MR) is 84.6 cm³/mol. The van der Waals surface area contributed by atoms with Crippen LogP contribution in [0.15, 0.2) is 28.4 Å². The van der Waals surface area contributed by atoms with E-state index < -0.39 is 0 Å². The fraction of sp³-hybridized carbons (Fsp3) is 0.111. The normalized spacial score (nSPS) is 11.6. The Labute approximate surface area is 126 Å². The van der Waals surface area contributed by atoms with Gasteiger partial charge in [-0.1, -0.05) is 41.0 Å². The number of benzene rings is 1. The van der Waals surface area contributed by atoms with E-state index in [-0.39, 0.29) is 24.0 Å². The maximum absolute atomic E-state index is 5.92. The summed E-state index contributed by atoms with van der Waals surface area (Å²) < 4.78 is 0. The molecule has 0 aromatic heterocycles. The van der Waals surface area contributed by atoms with Crippen molar-refractivity contribution in [2.75, 3.05) is 6.26 Å². The number of nitrogens with zero attached hydrogens (tertiary/aromatic N) is 2. The maximum Gasteiger partial charge on any atom is 0.180 e. The summed E-state index contributed by atoms with van der Waals surface area (Å²) in [5.74, 6) is 0. The molecule has 0 bridgehead atoms. The molecule has 1 aromatic carbocycles. The molecular formula is C9H10Cl2IN3S. The molecule has 88 valence electrons. The molecule has 0 atom stereocenters. The summed E-state index contributed by atoms with van der Waals surface area (Å²) >= 11 is 13.0. The van der Waals surface area contributed by atoms with Crippen LogP contribution in [0.1, 0.15) is 5.56 Å². The minimum absolute atomic E-state index is 0. The molecule has 0 saturated carbocycles. The van der Waals surface area contributed by atoms with E-state index in [1.807, 2.05) is 6.26 Å². The van der Waals surface area contributed by atoms with Gasteiger partial charge in [0.25, 0.3) is 0 Å². The van der Waals surface area contributed by atoms with Gasteiger partial charge in [-0.2, -0.15) is 5.10 Å². The van der Waals surface area contributed by atoms with Crippen LogP contribution in [0, 0.1) is 0 Å². The number of nitrogens with two attached hydrogens (primary N) is 1. The first-order valence-corrected chi connectivity index (χ1v) is 5.97. The molecule has 0 fully saturated rings. The lowest BCUT2D eigenvalue weighted by Crippen LogP contribution is -2.03. The van der Waals surface area contributed by atoms with Gasteiger partial charge in [-0.3, -0.25) is 0 Å². The van der Waals surface area contributed by atoms with Gasteiger partial charge in [0.15, 0.2) is 5.17 Å². The van der Waals surface area contributed by atoms with Crippen molar-refractivity contribution in [3.63, 3.8) is 0 Å². The van der Waals surface area contributed by atoms with Gasteiger partial charge < -0.3 is 5.73 Å². The second-order valence-corrected chi connectivity index (χ2v) is 4.22. The van der Waals surface area contributed by atoms with E-state index in [4.69, 9.17) is 28.9 Å². The van der Waals surface area contributed by atoms with E-state index in [1.54, 1.807) is 18.2 Å².